The molecule has 0 spiro atoms. The minimum atomic E-state index is -0.519. The predicted molar refractivity (Wildman–Crippen MR) is 83.5 cm³/mol. The highest BCUT2D eigenvalue weighted by atomic mass is 16.5. The summed E-state index contributed by atoms with van der Waals surface area (Å²) in [5, 5.41) is 10.1. The molecule has 0 bridgehead atoms. The zero-order valence-electron chi connectivity index (χ0n) is 12.9. The minimum Gasteiger partial charge on any atom is -0.496 e. The van der Waals surface area contributed by atoms with Gasteiger partial charge in [0.1, 0.15) is 5.75 Å². The Bertz CT molecular complexity index is 425. The van der Waals surface area contributed by atoms with Crippen LogP contribution in [0.1, 0.15) is 50.7 Å². The number of benzene rings is 1. The number of aliphatic hydroxyl groups excluding tert-OH is 1. The Balaban J connectivity index is 2.17. The monoisotopic (exact) mass is 277 g/mol. The standard InChI is InChI=1S/C17H27NO2/c1-13(19)17-15(10-7-11-16(17)20-3)18(2)12-14-8-5-4-6-9-14/h7,10-11,13-14,19H,4-6,8-9,12H2,1-3H3. The van der Waals surface area contributed by atoms with E-state index in [-0.39, 0.29) is 0 Å². The molecular formula is C17H27NO2. The van der Waals surface area contributed by atoms with Gasteiger partial charge in [-0.1, -0.05) is 25.3 Å². The molecule has 0 heterocycles. The number of hydrogen-bond acceptors (Lipinski definition) is 3. The van der Waals surface area contributed by atoms with Gasteiger partial charge in [-0.05, 0) is 37.8 Å². The van der Waals surface area contributed by atoms with Crippen LogP contribution >= 0.6 is 0 Å². The van der Waals surface area contributed by atoms with Gasteiger partial charge in [0.2, 0.25) is 0 Å². The maximum absolute atomic E-state index is 10.1. The van der Waals surface area contributed by atoms with Crippen LogP contribution in [0.4, 0.5) is 5.69 Å². The highest BCUT2D eigenvalue weighted by Crippen LogP contribution is 2.35. The lowest BCUT2D eigenvalue weighted by Gasteiger charge is -2.30. The van der Waals surface area contributed by atoms with Gasteiger partial charge in [-0.2, -0.15) is 0 Å². The van der Waals surface area contributed by atoms with Crippen molar-refractivity contribution in [3.8, 4) is 5.75 Å². The smallest absolute Gasteiger partial charge is 0.126 e. The van der Waals surface area contributed by atoms with Crippen molar-refractivity contribution in [1.29, 1.82) is 0 Å². The summed E-state index contributed by atoms with van der Waals surface area (Å²) in [6.07, 6.45) is 6.25. The summed E-state index contributed by atoms with van der Waals surface area (Å²) in [5.74, 6) is 1.55. The van der Waals surface area contributed by atoms with E-state index in [9.17, 15) is 5.11 Å². The van der Waals surface area contributed by atoms with Crippen molar-refractivity contribution in [2.75, 3.05) is 25.6 Å². The second kappa shape index (κ2) is 6.98. The molecule has 1 aromatic carbocycles. The first-order valence-corrected chi connectivity index (χ1v) is 7.69. The Kier molecular flexibility index (Phi) is 5.30. The van der Waals surface area contributed by atoms with E-state index < -0.39 is 6.10 Å². The fourth-order valence-electron chi connectivity index (χ4n) is 3.32. The van der Waals surface area contributed by atoms with Crippen LogP contribution in [0.15, 0.2) is 18.2 Å². The van der Waals surface area contributed by atoms with E-state index in [1.807, 2.05) is 12.1 Å². The predicted octanol–water partition coefficient (Wildman–Crippen LogP) is 3.77. The maximum atomic E-state index is 10.1. The van der Waals surface area contributed by atoms with Crippen molar-refractivity contribution in [1.82, 2.24) is 0 Å². The van der Waals surface area contributed by atoms with Crippen molar-refractivity contribution in [3.63, 3.8) is 0 Å². The average molecular weight is 277 g/mol. The summed E-state index contributed by atoms with van der Waals surface area (Å²) in [7, 11) is 3.78. The first-order chi connectivity index (χ1) is 9.63. The first-order valence-electron chi connectivity index (χ1n) is 7.69. The van der Waals surface area contributed by atoms with Crippen LogP contribution in [0.2, 0.25) is 0 Å². The number of hydrogen-bond donors (Lipinski definition) is 1. The molecule has 3 nitrogen and oxygen atoms in total. The van der Waals surface area contributed by atoms with Crippen LogP contribution in [0.25, 0.3) is 0 Å². The molecule has 0 amide bonds. The molecular weight excluding hydrogens is 250 g/mol. The van der Waals surface area contributed by atoms with Crippen LogP contribution in [0, 0.1) is 5.92 Å². The molecule has 1 aliphatic rings. The second-order valence-electron chi connectivity index (χ2n) is 5.95. The second-order valence-corrected chi connectivity index (χ2v) is 5.95. The molecule has 20 heavy (non-hydrogen) atoms. The zero-order valence-corrected chi connectivity index (χ0v) is 12.9. The Labute approximate surface area is 122 Å². The quantitative estimate of drug-likeness (QED) is 0.889. The van der Waals surface area contributed by atoms with Crippen molar-refractivity contribution < 1.29 is 9.84 Å². The SMILES string of the molecule is COc1cccc(N(C)CC2CCCCC2)c1C(C)O. The fourth-order valence-corrected chi connectivity index (χ4v) is 3.32. The van der Waals surface area contributed by atoms with Crippen molar-refractivity contribution >= 4 is 5.69 Å². The molecule has 1 atom stereocenters. The number of anilines is 1. The van der Waals surface area contributed by atoms with E-state index in [2.05, 4.69) is 18.0 Å². The van der Waals surface area contributed by atoms with E-state index in [4.69, 9.17) is 4.74 Å². The number of ether oxygens (including phenoxy) is 1. The molecule has 1 saturated carbocycles. The highest BCUT2D eigenvalue weighted by molar-refractivity contribution is 5.60. The third-order valence-corrected chi connectivity index (χ3v) is 4.35. The lowest BCUT2D eigenvalue weighted by molar-refractivity contribution is 0.194. The lowest BCUT2D eigenvalue weighted by Crippen LogP contribution is -2.28. The molecule has 1 unspecified atom stereocenters. The van der Waals surface area contributed by atoms with Gasteiger partial charge >= 0.3 is 0 Å². The molecule has 112 valence electrons. The van der Waals surface area contributed by atoms with E-state index in [1.54, 1.807) is 14.0 Å². The van der Waals surface area contributed by atoms with Crippen LogP contribution in [0.5, 0.6) is 5.75 Å². The fraction of sp³-hybridized carbons (Fsp3) is 0.647. The van der Waals surface area contributed by atoms with Gasteiger partial charge in [-0.3, -0.25) is 0 Å². The number of nitrogens with zero attached hydrogens (tertiary/aromatic N) is 1. The lowest BCUT2D eigenvalue weighted by atomic mass is 9.89. The largest absolute Gasteiger partial charge is 0.496 e. The molecule has 0 aromatic heterocycles. The summed E-state index contributed by atoms with van der Waals surface area (Å²) in [6.45, 7) is 2.86. The molecule has 2 rings (SSSR count). The molecule has 0 radical (unpaired) electrons. The number of methoxy groups -OCH3 is 1. The van der Waals surface area contributed by atoms with E-state index in [1.165, 1.54) is 32.1 Å². The van der Waals surface area contributed by atoms with Crippen molar-refractivity contribution in [2.24, 2.45) is 5.92 Å². The molecule has 1 aromatic rings. The molecule has 1 fully saturated rings. The van der Waals surface area contributed by atoms with Crippen LogP contribution in [0.3, 0.4) is 0 Å². The molecule has 0 saturated heterocycles. The van der Waals surface area contributed by atoms with Gasteiger partial charge in [-0.25, -0.2) is 0 Å². The minimum absolute atomic E-state index is 0.519. The molecule has 1 aliphatic carbocycles. The van der Waals surface area contributed by atoms with Crippen molar-refractivity contribution in [2.45, 2.75) is 45.1 Å². The zero-order chi connectivity index (χ0) is 14.5. The highest BCUT2D eigenvalue weighted by Gasteiger charge is 2.20. The average Bonchev–Trinajstić information content (AvgIpc) is 2.47. The third-order valence-electron chi connectivity index (χ3n) is 4.35. The Morgan fingerprint density at radius 3 is 2.60 bits per heavy atom. The van der Waals surface area contributed by atoms with Gasteiger partial charge < -0.3 is 14.7 Å². The van der Waals surface area contributed by atoms with Crippen LogP contribution in [-0.2, 0) is 0 Å². The van der Waals surface area contributed by atoms with Gasteiger partial charge in [0.25, 0.3) is 0 Å². The van der Waals surface area contributed by atoms with Gasteiger partial charge in [-0.15, -0.1) is 0 Å². The summed E-state index contributed by atoms with van der Waals surface area (Å²) in [4.78, 5) is 2.28. The molecule has 1 N–H and O–H groups in total. The summed E-state index contributed by atoms with van der Waals surface area (Å²) >= 11 is 0. The summed E-state index contributed by atoms with van der Waals surface area (Å²) in [6, 6.07) is 5.99. The third kappa shape index (κ3) is 3.45. The summed E-state index contributed by atoms with van der Waals surface area (Å²) in [5.41, 5.74) is 1.98. The van der Waals surface area contributed by atoms with E-state index in [0.717, 1.165) is 29.5 Å². The topological polar surface area (TPSA) is 32.7 Å². The number of aliphatic hydroxyl groups is 1. The Morgan fingerprint density at radius 2 is 2.00 bits per heavy atom. The Morgan fingerprint density at radius 1 is 1.30 bits per heavy atom. The first kappa shape index (κ1) is 15.2. The van der Waals surface area contributed by atoms with Gasteiger partial charge in [0.15, 0.2) is 0 Å². The van der Waals surface area contributed by atoms with Gasteiger partial charge in [0, 0.05) is 24.8 Å². The molecule has 3 heteroatoms. The number of rotatable bonds is 5. The maximum Gasteiger partial charge on any atom is 0.126 e. The van der Waals surface area contributed by atoms with E-state index in [0.29, 0.717) is 0 Å². The molecule has 0 aliphatic heterocycles. The van der Waals surface area contributed by atoms with E-state index >= 15 is 0 Å². The van der Waals surface area contributed by atoms with Crippen molar-refractivity contribution in [3.05, 3.63) is 23.8 Å². The Hall–Kier alpha value is -1.22. The van der Waals surface area contributed by atoms with Gasteiger partial charge in [0.05, 0.1) is 13.2 Å². The normalized spacial score (nSPS) is 17.8. The summed E-state index contributed by atoms with van der Waals surface area (Å²) < 4.78 is 5.40. The van der Waals surface area contributed by atoms with Crippen LogP contribution in [-0.4, -0.2) is 25.8 Å². The van der Waals surface area contributed by atoms with Crippen LogP contribution < -0.4 is 9.64 Å².